The molecule has 2 N–H and O–H groups in total. The number of aliphatic imine (C=N–C) groups is 1. The maximum Gasteiger partial charge on any atom is 0.191 e. The minimum atomic E-state index is -3.17. The Morgan fingerprint density at radius 3 is 2.28 bits per heavy atom. The predicted molar refractivity (Wildman–Crippen MR) is 116 cm³/mol. The Labute approximate surface area is 170 Å². The van der Waals surface area contributed by atoms with Gasteiger partial charge in [-0.2, -0.15) is 0 Å². The first kappa shape index (κ1) is 24.9. The summed E-state index contributed by atoms with van der Waals surface area (Å²) in [5.74, 6) is 1.39. The number of hydrogen-bond acceptors (Lipinski definition) is 4. The topological polar surface area (TPSA) is 79.8 Å². The number of nitrogens with one attached hydrogen (secondary N) is 2. The molecule has 1 rings (SSSR count). The molecule has 0 aromatic rings. The fraction of sp³-hybridized carbons (Fsp3) is 0.941. The fourth-order valence-corrected chi connectivity index (χ4v) is 4.24. The zero-order chi connectivity index (χ0) is 18.2. The molecule has 0 amide bonds. The van der Waals surface area contributed by atoms with Gasteiger partial charge in [-0.25, -0.2) is 8.42 Å². The van der Waals surface area contributed by atoms with Crippen LogP contribution in [-0.4, -0.2) is 58.2 Å². The van der Waals surface area contributed by atoms with Crippen molar-refractivity contribution in [2.75, 3.05) is 33.1 Å². The summed E-state index contributed by atoms with van der Waals surface area (Å²) in [5, 5.41) is 6.58. The van der Waals surface area contributed by atoms with Crippen LogP contribution in [0.4, 0.5) is 0 Å². The number of nitrogens with zero attached hydrogens (tertiary/aromatic N) is 1. The van der Waals surface area contributed by atoms with E-state index in [0.717, 1.165) is 12.3 Å². The highest BCUT2D eigenvalue weighted by Gasteiger charge is 2.42. The van der Waals surface area contributed by atoms with E-state index in [0.29, 0.717) is 44.6 Å². The Balaban J connectivity index is 0.00000576. The van der Waals surface area contributed by atoms with Crippen LogP contribution in [0.25, 0.3) is 0 Å². The van der Waals surface area contributed by atoms with Crippen LogP contribution in [0.15, 0.2) is 4.99 Å². The summed E-state index contributed by atoms with van der Waals surface area (Å²) >= 11 is 0. The Morgan fingerprint density at radius 2 is 1.80 bits per heavy atom. The minimum Gasteiger partial charge on any atom is -0.381 e. The average molecular weight is 489 g/mol. The van der Waals surface area contributed by atoms with Gasteiger partial charge in [0.2, 0.25) is 0 Å². The van der Waals surface area contributed by atoms with E-state index in [2.05, 4.69) is 36.4 Å². The highest BCUT2D eigenvalue weighted by Crippen LogP contribution is 2.28. The highest BCUT2D eigenvalue weighted by atomic mass is 127. The first-order chi connectivity index (χ1) is 11.2. The monoisotopic (exact) mass is 489 g/mol. The lowest BCUT2D eigenvalue weighted by Crippen LogP contribution is -2.54. The van der Waals surface area contributed by atoms with Crippen molar-refractivity contribution in [3.8, 4) is 0 Å². The molecule has 1 fully saturated rings. The van der Waals surface area contributed by atoms with Crippen LogP contribution in [0, 0.1) is 5.92 Å². The van der Waals surface area contributed by atoms with Crippen LogP contribution < -0.4 is 10.6 Å². The Bertz CT molecular complexity index is 503. The van der Waals surface area contributed by atoms with Crippen molar-refractivity contribution in [2.24, 2.45) is 10.9 Å². The molecule has 8 heteroatoms. The van der Waals surface area contributed by atoms with Gasteiger partial charge < -0.3 is 15.4 Å². The van der Waals surface area contributed by atoms with E-state index in [1.807, 2.05) is 0 Å². The van der Waals surface area contributed by atoms with Gasteiger partial charge in [0.1, 0.15) is 0 Å². The van der Waals surface area contributed by atoms with Gasteiger partial charge in [-0.1, -0.05) is 26.7 Å². The molecule has 0 spiro atoms. The van der Waals surface area contributed by atoms with Gasteiger partial charge in [0.05, 0.1) is 4.75 Å². The fourth-order valence-electron chi connectivity index (χ4n) is 3.00. The van der Waals surface area contributed by atoms with E-state index in [1.54, 1.807) is 7.05 Å². The normalized spacial score (nSPS) is 19.2. The second-order valence-corrected chi connectivity index (χ2v) is 9.77. The molecule has 0 saturated carbocycles. The smallest absolute Gasteiger partial charge is 0.191 e. The molecule has 0 radical (unpaired) electrons. The summed E-state index contributed by atoms with van der Waals surface area (Å²) in [6, 6.07) is 0.304. The van der Waals surface area contributed by atoms with Gasteiger partial charge in [0, 0.05) is 39.1 Å². The van der Waals surface area contributed by atoms with Crippen molar-refractivity contribution < 1.29 is 13.2 Å². The number of hydrogen-bond donors (Lipinski definition) is 2. The van der Waals surface area contributed by atoms with E-state index in [9.17, 15) is 8.42 Å². The molecular formula is C17H36IN3O3S. The molecule has 150 valence electrons. The third-order valence-electron chi connectivity index (χ3n) is 4.79. The lowest BCUT2D eigenvalue weighted by Gasteiger charge is -2.36. The summed E-state index contributed by atoms with van der Waals surface area (Å²) in [5.41, 5.74) is 0. The molecule has 1 heterocycles. The van der Waals surface area contributed by atoms with Gasteiger partial charge in [-0.15, -0.1) is 24.0 Å². The molecule has 1 saturated heterocycles. The Kier molecular flexibility index (Phi) is 11.5. The molecule has 1 aliphatic rings. The molecule has 25 heavy (non-hydrogen) atoms. The number of ether oxygens (including phenoxy) is 1. The summed E-state index contributed by atoms with van der Waals surface area (Å²) in [4.78, 5) is 4.24. The first-order valence-electron chi connectivity index (χ1n) is 8.95. The molecule has 1 unspecified atom stereocenters. The van der Waals surface area contributed by atoms with Crippen LogP contribution in [0.5, 0.6) is 0 Å². The maximum absolute atomic E-state index is 12.3. The zero-order valence-corrected chi connectivity index (χ0v) is 19.4. The van der Waals surface area contributed by atoms with Gasteiger partial charge >= 0.3 is 0 Å². The predicted octanol–water partition coefficient (Wildman–Crippen LogP) is 2.58. The van der Waals surface area contributed by atoms with Crippen molar-refractivity contribution in [1.82, 2.24) is 10.6 Å². The third-order valence-corrected chi connectivity index (χ3v) is 6.92. The standard InChI is InChI=1S/C17H35N3O3S.HI/c1-14(2)7-6-8-15(3)20-16(18-4)19-13-17(24(5,21)22)9-11-23-12-10-17;/h14-15H,6-13H2,1-5H3,(H2,18,19,20);1H. The van der Waals surface area contributed by atoms with Gasteiger partial charge in [-0.3, -0.25) is 4.99 Å². The first-order valence-corrected chi connectivity index (χ1v) is 10.8. The van der Waals surface area contributed by atoms with Gasteiger partial charge in [0.15, 0.2) is 15.8 Å². The van der Waals surface area contributed by atoms with E-state index in [-0.39, 0.29) is 24.0 Å². The molecule has 0 aliphatic carbocycles. The molecule has 6 nitrogen and oxygen atoms in total. The number of rotatable bonds is 8. The molecule has 1 atom stereocenters. The summed E-state index contributed by atoms with van der Waals surface area (Å²) < 4.78 is 29.1. The van der Waals surface area contributed by atoms with E-state index in [1.165, 1.54) is 19.1 Å². The molecule has 0 aromatic carbocycles. The number of sulfone groups is 1. The van der Waals surface area contributed by atoms with Crippen LogP contribution in [-0.2, 0) is 14.6 Å². The van der Waals surface area contributed by atoms with Crippen molar-refractivity contribution in [1.29, 1.82) is 0 Å². The van der Waals surface area contributed by atoms with E-state index < -0.39 is 14.6 Å². The molecule has 0 bridgehead atoms. The SMILES string of the molecule is CN=C(NCC1(S(C)(=O)=O)CCOCC1)NC(C)CCCC(C)C.I. The molecular weight excluding hydrogens is 453 g/mol. The minimum absolute atomic E-state index is 0. The number of halogens is 1. The van der Waals surface area contributed by atoms with Crippen molar-refractivity contribution in [3.63, 3.8) is 0 Å². The van der Waals surface area contributed by atoms with E-state index in [4.69, 9.17) is 4.74 Å². The third kappa shape index (κ3) is 8.43. The molecule has 1 aliphatic heterocycles. The summed E-state index contributed by atoms with van der Waals surface area (Å²) in [6.45, 7) is 7.95. The average Bonchev–Trinajstić information content (AvgIpc) is 2.50. The second kappa shape index (κ2) is 11.6. The largest absolute Gasteiger partial charge is 0.381 e. The van der Waals surface area contributed by atoms with Crippen molar-refractivity contribution in [2.45, 2.75) is 63.7 Å². The maximum atomic E-state index is 12.3. The summed E-state index contributed by atoms with van der Waals surface area (Å²) in [7, 11) is -1.45. The number of guanidine groups is 1. The van der Waals surface area contributed by atoms with Gasteiger partial charge in [-0.05, 0) is 32.1 Å². The lowest BCUT2D eigenvalue weighted by atomic mass is 9.99. The van der Waals surface area contributed by atoms with Crippen LogP contribution in [0.3, 0.4) is 0 Å². The molecule has 0 aromatic heterocycles. The van der Waals surface area contributed by atoms with Gasteiger partial charge in [0.25, 0.3) is 0 Å². The highest BCUT2D eigenvalue weighted by molar-refractivity contribution is 14.0. The Morgan fingerprint density at radius 1 is 1.20 bits per heavy atom. The van der Waals surface area contributed by atoms with Crippen LogP contribution >= 0.6 is 24.0 Å². The van der Waals surface area contributed by atoms with Crippen LogP contribution in [0.1, 0.15) is 52.9 Å². The van der Waals surface area contributed by atoms with Crippen LogP contribution in [0.2, 0.25) is 0 Å². The van der Waals surface area contributed by atoms with Crippen molar-refractivity contribution in [3.05, 3.63) is 0 Å². The summed E-state index contributed by atoms with van der Waals surface area (Å²) in [6.07, 6.45) is 5.84. The van der Waals surface area contributed by atoms with Crippen molar-refractivity contribution >= 4 is 39.8 Å². The second-order valence-electron chi connectivity index (χ2n) is 7.36. The quantitative estimate of drug-likeness (QED) is 0.311. The Hall–Kier alpha value is -0.0900. The van der Waals surface area contributed by atoms with E-state index >= 15 is 0 Å². The lowest BCUT2D eigenvalue weighted by molar-refractivity contribution is 0.0756. The zero-order valence-electron chi connectivity index (χ0n) is 16.3.